The molecule has 0 bridgehead atoms. The van der Waals surface area contributed by atoms with Crippen LogP contribution in [-0.2, 0) is 18.9 Å². The van der Waals surface area contributed by atoms with Crippen LogP contribution in [0.15, 0.2) is 60.7 Å². The molecule has 0 unspecified atom stereocenters. The molecular formula is C54H72Cl4N8O10. The van der Waals surface area contributed by atoms with E-state index >= 15 is 0 Å². The van der Waals surface area contributed by atoms with E-state index < -0.39 is 24.4 Å². The Bertz CT molecular complexity index is 2440. The summed E-state index contributed by atoms with van der Waals surface area (Å²) in [6.07, 6.45) is 5.38. The number of carbonyl (C=O) groups excluding carboxylic acids is 4. The maximum absolute atomic E-state index is 11.5. The maximum atomic E-state index is 11.5. The second kappa shape index (κ2) is 29.4. The summed E-state index contributed by atoms with van der Waals surface area (Å²) in [4.78, 5) is 45.8. The van der Waals surface area contributed by atoms with Gasteiger partial charge in [0.1, 0.15) is 11.5 Å². The minimum atomic E-state index is -0.460. The van der Waals surface area contributed by atoms with Gasteiger partial charge in [0, 0.05) is 89.3 Å². The van der Waals surface area contributed by atoms with Crippen LogP contribution in [0.4, 0.5) is 41.9 Å². The van der Waals surface area contributed by atoms with Crippen LogP contribution < -0.4 is 52.0 Å². The van der Waals surface area contributed by atoms with Crippen molar-refractivity contribution in [3.8, 4) is 11.5 Å². The molecule has 76 heavy (non-hydrogen) atoms. The zero-order valence-corrected chi connectivity index (χ0v) is 47.7. The lowest BCUT2D eigenvalue weighted by molar-refractivity contribution is 0.164. The number of hydrogen-bond acceptors (Lipinski definition) is 14. The Hall–Kier alpha value is -6.08. The summed E-state index contributed by atoms with van der Waals surface area (Å²) >= 11 is 24.5. The summed E-state index contributed by atoms with van der Waals surface area (Å²) in [5, 5.41) is 27.4. The first kappa shape index (κ1) is 60.8. The monoisotopic (exact) mass is 1130 g/mol. The summed E-state index contributed by atoms with van der Waals surface area (Å²) in [6, 6.07) is 19.5. The number of fused-ring (bicyclic) bond motifs is 4. The zero-order valence-electron chi connectivity index (χ0n) is 44.6. The van der Waals surface area contributed by atoms with Gasteiger partial charge < -0.3 is 71.0 Å². The van der Waals surface area contributed by atoms with Gasteiger partial charge in [-0.15, -0.1) is 0 Å². The first-order valence-corrected chi connectivity index (χ1v) is 26.7. The van der Waals surface area contributed by atoms with Crippen molar-refractivity contribution in [2.75, 3.05) is 63.9 Å². The van der Waals surface area contributed by atoms with Gasteiger partial charge in [-0.3, -0.25) is 0 Å². The van der Waals surface area contributed by atoms with Gasteiger partial charge in [-0.1, -0.05) is 74.1 Å². The van der Waals surface area contributed by atoms with Crippen LogP contribution in [0.2, 0.25) is 20.1 Å². The van der Waals surface area contributed by atoms with E-state index in [0.717, 1.165) is 108 Å². The Kier molecular flexibility index (Phi) is 23.5. The molecule has 18 nitrogen and oxygen atoms in total. The van der Waals surface area contributed by atoms with Crippen LogP contribution in [0.3, 0.4) is 0 Å². The molecule has 416 valence electrons. The van der Waals surface area contributed by atoms with Crippen molar-refractivity contribution < 1.29 is 47.6 Å². The molecular weight excluding hydrogens is 1060 g/mol. The molecule has 0 saturated heterocycles. The molecule has 22 heteroatoms. The van der Waals surface area contributed by atoms with Gasteiger partial charge in [0.25, 0.3) is 0 Å². The number of anilines is 4. The number of benzene rings is 4. The predicted octanol–water partition coefficient (Wildman–Crippen LogP) is 13.3. The highest BCUT2D eigenvalue weighted by atomic mass is 35.5. The lowest BCUT2D eigenvalue weighted by atomic mass is 9.91. The van der Waals surface area contributed by atoms with Gasteiger partial charge in [-0.2, -0.15) is 0 Å². The molecule has 0 aromatic heterocycles. The molecule has 8 atom stereocenters. The van der Waals surface area contributed by atoms with Crippen molar-refractivity contribution >= 4 is 93.5 Å². The van der Waals surface area contributed by atoms with E-state index in [-0.39, 0.29) is 36.3 Å². The van der Waals surface area contributed by atoms with E-state index in [4.69, 9.17) is 65.4 Å². The molecule has 8 rings (SSSR count). The third-order valence-corrected chi connectivity index (χ3v) is 14.6. The third-order valence-electron chi connectivity index (χ3n) is 13.6. The molecule has 8 N–H and O–H groups in total. The summed E-state index contributed by atoms with van der Waals surface area (Å²) < 4.78 is 29.2. The van der Waals surface area contributed by atoms with E-state index in [1.807, 2.05) is 48.5 Å². The van der Waals surface area contributed by atoms with Crippen molar-refractivity contribution in [2.24, 2.45) is 0 Å². The molecule has 4 aliphatic heterocycles. The smallest absolute Gasteiger partial charge is 0.407 e. The van der Waals surface area contributed by atoms with E-state index in [2.05, 4.69) is 79.7 Å². The predicted molar refractivity (Wildman–Crippen MR) is 301 cm³/mol. The average molecular weight is 1140 g/mol. The highest BCUT2D eigenvalue weighted by molar-refractivity contribution is 6.36. The van der Waals surface area contributed by atoms with E-state index in [1.54, 1.807) is 26.4 Å². The minimum Gasteiger partial charge on any atom is -0.497 e. The number of rotatable bonds is 10. The first-order valence-electron chi connectivity index (χ1n) is 25.2. The molecule has 4 amide bonds. The number of carbonyl (C=O) groups is 4. The molecule has 0 spiro atoms. The minimum absolute atomic E-state index is 0.0521. The van der Waals surface area contributed by atoms with Gasteiger partial charge >= 0.3 is 24.4 Å². The van der Waals surface area contributed by atoms with Crippen LogP contribution in [0, 0.1) is 0 Å². The normalized spacial score (nSPS) is 21.1. The van der Waals surface area contributed by atoms with Gasteiger partial charge in [-0.05, 0) is 112 Å². The third kappa shape index (κ3) is 16.5. The van der Waals surface area contributed by atoms with E-state index in [0.29, 0.717) is 32.2 Å². The first-order chi connectivity index (χ1) is 36.4. The Balaban J connectivity index is 0.000000187. The lowest BCUT2D eigenvalue weighted by Crippen LogP contribution is -2.37. The standard InChI is InChI=1S/2C14H20N2O3.2C13H16Cl2N2O2/c2*1-4-9-7-13(16-14(17)19-3)11-8-10(18-2)5-6-12(11)15-9;2*1-3-8-6-11(17-13(18)19-2)12-9(15)4-7(14)5-10(12)16-8/h2*5-6,8-9,13,15H,4,7H2,1-3H3,(H,16,17);2*4-5,8,11,16H,3,6H2,1-2H3,(H,17,18)/t2*9-,13+;2*8-,11+/m1010/s1. The van der Waals surface area contributed by atoms with E-state index in [9.17, 15) is 19.2 Å². The number of ether oxygens (including phenoxy) is 6. The number of nitrogens with one attached hydrogen (secondary N) is 8. The van der Waals surface area contributed by atoms with Gasteiger partial charge in [0.05, 0.1) is 66.8 Å². The molecule has 0 aliphatic carbocycles. The summed E-state index contributed by atoms with van der Waals surface area (Å²) in [7, 11) is 8.71. The van der Waals surface area contributed by atoms with Crippen LogP contribution in [0.5, 0.6) is 11.5 Å². The van der Waals surface area contributed by atoms with Crippen LogP contribution >= 0.6 is 46.4 Å². The van der Waals surface area contributed by atoms with E-state index in [1.165, 1.54) is 28.4 Å². The topological polar surface area (TPSA) is 220 Å². The molecule has 4 aliphatic rings. The fraction of sp³-hybridized carbons (Fsp3) is 0.481. The number of halogens is 4. The highest BCUT2D eigenvalue weighted by Crippen LogP contribution is 2.43. The second-order valence-electron chi connectivity index (χ2n) is 18.3. The van der Waals surface area contributed by atoms with Crippen molar-refractivity contribution in [3.63, 3.8) is 0 Å². The summed E-state index contributed by atoms with van der Waals surface area (Å²) in [5.41, 5.74) is 7.63. The zero-order chi connectivity index (χ0) is 55.6. The largest absolute Gasteiger partial charge is 0.497 e. The Labute approximate surface area is 465 Å². The number of amides is 4. The summed E-state index contributed by atoms with van der Waals surface area (Å²) in [5.74, 6) is 1.57. The maximum Gasteiger partial charge on any atom is 0.407 e. The molecule has 4 aromatic rings. The second-order valence-corrected chi connectivity index (χ2v) is 20.0. The Morgan fingerprint density at radius 3 is 1.01 bits per heavy atom. The van der Waals surface area contributed by atoms with Gasteiger partial charge in [-0.25, -0.2) is 19.2 Å². The molecule has 0 radical (unpaired) electrons. The fourth-order valence-corrected chi connectivity index (χ4v) is 10.7. The molecule has 0 saturated carbocycles. The van der Waals surface area contributed by atoms with Crippen LogP contribution in [0.25, 0.3) is 0 Å². The van der Waals surface area contributed by atoms with Gasteiger partial charge in [0.15, 0.2) is 0 Å². The quantitative estimate of drug-likeness (QED) is 0.0693. The number of alkyl carbamates (subject to hydrolysis) is 4. The van der Waals surface area contributed by atoms with Crippen molar-refractivity contribution in [1.29, 1.82) is 0 Å². The van der Waals surface area contributed by atoms with Crippen molar-refractivity contribution in [2.45, 2.75) is 127 Å². The lowest BCUT2D eigenvalue weighted by Gasteiger charge is -2.33. The molecule has 4 aromatic carbocycles. The molecule has 4 heterocycles. The molecule has 0 fully saturated rings. The van der Waals surface area contributed by atoms with Crippen LogP contribution in [0.1, 0.15) is 125 Å². The summed E-state index contributed by atoms with van der Waals surface area (Å²) in [6.45, 7) is 8.43. The SMILES string of the molecule is CC[C@@H]1C[C@H](NC(=O)OC)c2c(Cl)cc(Cl)cc2N1.CC[C@@H]1C[C@H](NC(=O)OC)c2cc(OC)ccc2N1.CC[C@H]1C[C@@H](NC(=O)OC)c2c(Cl)cc(Cl)cc2N1.CC[C@H]1C[C@@H](NC(=O)OC)c2cc(OC)ccc2N1. The highest BCUT2D eigenvalue weighted by Gasteiger charge is 2.32. The average Bonchev–Trinajstić information content (AvgIpc) is 3.42. The van der Waals surface area contributed by atoms with Crippen molar-refractivity contribution in [3.05, 3.63) is 103 Å². The van der Waals surface area contributed by atoms with Crippen molar-refractivity contribution in [1.82, 2.24) is 21.3 Å². The van der Waals surface area contributed by atoms with Gasteiger partial charge in [0.2, 0.25) is 0 Å². The number of methoxy groups -OCH3 is 6. The Morgan fingerprint density at radius 1 is 0.434 bits per heavy atom. The van der Waals surface area contributed by atoms with Crippen LogP contribution in [-0.4, -0.2) is 91.2 Å². The number of hydrogen-bond donors (Lipinski definition) is 8. The fourth-order valence-electron chi connectivity index (χ4n) is 9.45. The Morgan fingerprint density at radius 2 is 0.724 bits per heavy atom.